The lowest BCUT2D eigenvalue weighted by Gasteiger charge is -2.19. The monoisotopic (exact) mass is 407 g/mol. The van der Waals surface area contributed by atoms with Gasteiger partial charge in [0.2, 0.25) is 0 Å². The summed E-state index contributed by atoms with van der Waals surface area (Å²) in [6.07, 6.45) is 1.74. The summed E-state index contributed by atoms with van der Waals surface area (Å²) < 4.78 is 5.43. The molecule has 0 unspecified atom stereocenters. The molecule has 0 N–H and O–H groups in total. The van der Waals surface area contributed by atoms with Crippen LogP contribution in [0.15, 0.2) is 77.9 Å². The molecule has 1 amide bonds. The van der Waals surface area contributed by atoms with E-state index in [1.54, 1.807) is 30.3 Å². The zero-order valence-electron chi connectivity index (χ0n) is 17.6. The summed E-state index contributed by atoms with van der Waals surface area (Å²) in [6.45, 7) is 4.05. The largest absolute Gasteiger partial charge is 0.497 e. The highest BCUT2D eigenvalue weighted by Gasteiger charge is 2.36. The van der Waals surface area contributed by atoms with Gasteiger partial charge >= 0.3 is 0 Å². The molecule has 1 aliphatic rings. The number of para-hydroxylation sites is 2. The number of benzene rings is 3. The molecule has 3 aromatic carbocycles. The number of carbonyl (C=O) groups excluding carboxylic acids is 1. The van der Waals surface area contributed by atoms with Crippen LogP contribution in [-0.4, -0.2) is 23.8 Å². The molecular weight excluding hydrogens is 386 g/mol. The summed E-state index contributed by atoms with van der Waals surface area (Å²) in [4.78, 5) is 24.8. The number of carbonyl (C=O) groups is 1. The second kappa shape index (κ2) is 7.36. The fourth-order valence-electron chi connectivity index (χ4n) is 4.05. The van der Waals surface area contributed by atoms with E-state index >= 15 is 0 Å². The van der Waals surface area contributed by atoms with Crippen LogP contribution in [-0.2, 0) is 0 Å². The molecule has 1 aliphatic heterocycles. The molecule has 0 fully saturated rings. The smallest absolute Gasteiger partial charge is 0.264 e. The van der Waals surface area contributed by atoms with Crippen LogP contribution in [0.5, 0.6) is 5.75 Å². The minimum absolute atomic E-state index is 0.124. The third kappa shape index (κ3) is 3.06. The van der Waals surface area contributed by atoms with Crippen LogP contribution in [0.3, 0.4) is 0 Å². The second-order valence-corrected chi connectivity index (χ2v) is 7.58. The average molecular weight is 407 g/mol. The molecule has 5 nitrogen and oxygen atoms in total. The van der Waals surface area contributed by atoms with Gasteiger partial charge < -0.3 is 4.74 Å². The van der Waals surface area contributed by atoms with Crippen molar-refractivity contribution in [2.75, 3.05) is 12.0 Å². The van der Waals surface area contributed by atoms with Gasteiger partial charge in [0, 0.05) is 17.1 Å². The number of aromatic nitrogens is 1. The van der Waals surface area contributed by atoms with Gasteiger partial charge in [-0.25, -0.2) is 4.99 Å². The highest BCUT2D eigenvalue weighted by Crippen LogP contribution is 2.36. The van der Waals surface area contributed by atoms with Crippen LogP contribution < -0.4 is 9.64 Å². The first-order valence-electron chi connectivity index (χ1n) is 10.1. The van der Waals surface area contributed by atoms with Crippen molar-refractivity contribution >= 4 is 34.0 Å². The van der Waals surface area contributed by atoms with E-state index in [0.717, 1.165) is 33.3 Å². The summed E-state index contributed by atoms with van der Waals surface area (Å²) in [5, 5.41) is 0.966. The Morgan fingerprint density at radius 1 is 0.903 bits per heavy atom. The number of hydrogen-bond acceptors (Lipinski definition) is 4. The maximum Gasteiger partial charge on any atom is 0.264 e. The van der Waals surface area contributed by atoms with Crippen molar-refractivity contribution in [2.45, 2.75) is 13.8 Å². The number of ether oxygens (including phenoxy) is 1. The third-order valence-corrected chi connectivity index (χ3v) is 5.62. The summed E-state index contributed by atoms with van der Waals surface area (Å²) in [7, 11) is 1.62. The van der Waals surface area contributed by atoms with Gasteiger partial charge in [-0.2, -0.15) is 0 Å². The molecule has 0 spiro atoms. The Bertz CT molecular complexity index is 1350. The number of amidine groups is 1. The van der Waals surface area contributed by atoms with E-state index in [1.165, 1.54) is 0 Å². The quantitative estimate of drug-likeness (QED) is 0.444. The summed E-state index contributed by atoms with van der Waals surface area (Å²) in [6, 6.07) is 21.3. The predicted molar refractivity (Wildman–Crippen MR) is 124 cm³/mol. The van der Waals surface area contributed by atoms with E-state index in [1.807, 2.05) is 68.4 Å². The summed E-state index contributed by atoms with van der Waals surface area (Å²) >= 11 is 0. The number of amides is 1. The van der Waals surface area contributed by atoms with Gasteiger partial charge in [0.05, 0.1) is 29.6 Å². The van der Waals surface area contributed by atoms with Gasteiger partial charge in [-0.15, -0.1) is 0 Å². The van der Waals surface area contributed by atoms with Crippen molar-refractivity contribution in [3.63, 3.8) is 0 Å². The number of pyridine rings is 1. The Morgan fingerprint density at radius 3 is 2.42 bits per heavy atom. The van der Waals surface area contributed by atoms with Gasteiger partial charge in [0.15, 0.2) is 0 Å². The number of anilines is 1. The van der Waals surface area contributed by atoms with E-state index in [4.69, 9.17) is 9.73 Å². The lowest BCUT2D eigenvalue weighted by molar-refractivity contribution is 0.101. The van der Waals surface area contributed by atoms with Crippen molar-refractivity contribution < 1.29 is 9.53 Å². The average Bonchev–Trinajstić information content (AvgIpc) is 3.06. The SMILES string of the molecule is COc1ccc2c(c1)C(=Nc1c(C)cccc1C)N(c1cccc3cccnc13)C2=O. The molecule has 31 heavy (non-hydrogen) atoms. The van der Waals surface area contributed by atoms with E-state index in [-0.39, 0.29) is 5.91 Å². The molecule has 0 atom stereocenters. The molecule has 0 aliphatic carbocycles. The van der Waals surface area contributed by atoms with Gasteiger partial charge in [-0.3, -0.25) is 14.7 Å². The van der Waals surface area contributed by atoms with Gasteiger partial charge in [-0.05, 0) is 55.3 Å². The topological polar surface area (TPSA) is 54.8 Å². The Labute approximate surface area is 180 Å². The van der Waals surface area contributed by atoms with E-state index in [2.05, 4.69) is 4.98 Å². The maximum atomic E-state index is 13.6. The fraction of sp³-hybridized carbons (Fsp3) is 0.115. The normalized spacial score (nSPS) is 14.4. The molecule has 2 heterocycles. The summed E-state index contributed by atoms with van der Waals surface area (Å²) in [5.74, 6) is 1.13. The summed E-state index contributed by atoms with van der Waals surface area (Å²) in [5.41, 5.74) is 5.77. The number of hydrogen-bond donors (Lipinski definition) is 0. The number of aryl methyl sites for hydroxylation is 2. The second-order valence-electron chi connectivity index (χ2n) is 7.58. The lowest BCUT2D eigenvalue weighted by Crippen LogP contribution is -2.30. The Kier molecular flexibility index (Phi) is 4.51. The minimum Gasteiger partial charge on any atom is -0.497 e. The first-order valence-corrected chi connectivity index (χ1v) is 10.1. The number of fused-ring (bicyclic) bond motifs is 2. The van der Waals surface area contributed by atoms with E-state index in [9.17, 15) is 4.79 Å². The molecule has 4 aromatic rings. The fourth-order valence-corrected chi connectivity index (χ4v) is 4.05. The number of methoxy groups -OCH3 is 1. The van der Waals surface area contributed by atoms with Crippen molar-refractivity contribution in [3.05, 3.63) is 95.2 Å². The van der Waals surface area contributed by atoms with Crippen molar-refractivity contribution in [1.82, 2.24) is 4.98 Å². The van der Waals surface area contributed by atoms with E-state index < -0.39 is 0 Å². The van der Waals surface area contributed by atoms with Crippen molar-refractivity contribution in [2.24, 2.45) is 4.99 Å². The van der Waals surface area contributed by atoms with Crippen LogP contribution in [0.25, 0.3) is 10.9 Å². The van der Waals surface area contributed by atoms with Crippen LogP contribution in [0, 0.1) is 13.8 Å². The van der Waals surface area contributed by atoms with Crippen LogP contribution in [0.4, 0.5) is 11.4 Å². The molecule has 5 rings (SSSR count). The molecule has 5 heteroatoms. The molecule has 0 radical (unpaired) electrons. The van der Waals surface area contributed by atoms with Crippen molar-refractivity contribution in [3.8, 4) is 5.75 Å². The highest BCUT2D eigenvalue weighted by atomic mass is 16.5. The van der Waals surface area contributed by atoms with Gasteiger partial charge in [-0.1, -0.05) is 36.4 Å². The maximum absolute atomic E-state index is 13.6. The Hall–Kier alpha value is -3.99. The number of rotatable bonds is 3. The standard InChI is InChI=1S/C26H21N3O2/c1-16-7-4-8-17(2)23(16)28-25-21-15-19(31-3)12-13-20(21)26(30)29(25)22-11-5-9-18-10-6-14-27-24(18)22/h4-15H,1-3H3. The number of aliphatic imine (C=N–C) groups is 1. The molecule has 152 valence electrons. The Morgan fingerprint density at radius 2 is 1.65 bits per heavy atom. The van der Waals surface area contributed by atoms with Crippen molar-refractivity contribution in [1.29, 1.82) is 0 Å². The zero-order chi connectivity index (χ0) is 21.5. The van der Waals surface area contributed by atoms with Crippen LogP contribution >= 0.6 is 0 Å². The highest BCUT2D eigenvalue weighted by molar-refractivity contribution is 6.38. The molecule has 1 aromatic heterocycles. The molecular formula is C26H21N3O2. The van der Waals surface area contributed by atoms with Gasteiger partial charge in [0.25, 0.3) is 5.91 Å². The predicted octanol–water partition coefficient (Wildman–Crippen LogP) is 5.60. The van der Waals surface area contributed by atoms with Crippen LogP contribution in [0.1, 0.15) is 27.0 Å². The third-order valence-electron chi connectivity index (χ3n) is 5.62. The van der Waals surface area contributed by atoms with Crippen LogP contribution in [0.2, 0.25) is 0 Å². The van der Waals surface area contributed by atoms with E-state index in [0.29, 0.717) is 22.8 Å². The number of nitrogens with zero attached hydrogens (tertiary/aromatic N) is 3. The molecule has 0 saturated heterocycles. The first-order chi connectivity index (χ1) is 15.1. The molecule has 0 bridgehead atoms. The lowest BCUT2D eigenvalue weighted by atomic mass is 10.1. The molecule has 0 saturated carbocycles. The Balaban J connectivity index is 1.81. The van der Waals surface area contributed by atoms with Gasteiger partial charge in [0.1, 0.15) is 11.6 Å². The first kappa shape index (κ1) is 19.0. The zero-order valence-corrected chi connectivity index (χ0v) is 17.6. The minimum atomic E-state index is -0.124.